The molecule has 1 saturated heterocycles. The number of hydrogen-bond donors (Lipinski definition) is 1. The van der Waals surface area contributed by atoms with Gasteiger partial charge in [0.25, 0.3) is 5.69 Å². The number of carbonyl (C=O) groups excluding carboxylic acids is 1. The Balaban J connectivity index is 1.77. The SMILES string of the molecule is COC(=O)c1cc(N[C@H]2CCCC3(C2)OCCO3)ccc1[N+](=O)[O-]. The van der Waals surface area contributed by atoms with Gasteiger partial charge in [0.2, 0.25) is 0 Å². The minimum absolute atomic E-state index is 0.0635. The van der Waals surface area contributed by atoms with Gasteiger partial charge in [-0.1, -0.05) is 0 Å². The third-order valence-corrected chi connectivity index (χ3v) is 4.45. The molecule has 8 heteroatoms. The van der Waals surface area contributed by atoms with Crippen LogP contribution in [0.1, 0.15) is 36.0 Å². The maximum atomic E-state index is 11.8. The van der Waals surface area contributed by atoms with E-state index in [1.165, 1.54) is 19.2 Å². The van der Waals surface area contributed by atoms with Crippen LogP contribution in [-0.2, 0) is 14.2 Å². The molecule has 1 N–H and O–H groups in total. The first-order chi connectivity index (χ1) is 11.5. The minimum atomic E-state index is -0.729. The summed E-state index contributed by atoms with van der Waals surface area (Å²) < 4.78 is 16.1. The lowest BCUT2D eigenvalue weighted by molar-refractivity contribution is -0.385. The molecule has 24 heavy (non-hydrogen) atoms. The van der Waals surface area contributed by atoms with Crippen LogP contribution in [0, 0.1) is 10.1 Å². The molecule has 1 saturated carbocycles. The van der Waals surface area contributed by atoms with E-state index in [2.05, 4.69) is 10.1 Å². The first kappa shape index (κ1) is 16.7. The van der Waals surface area contributed by atoms with Gasteiger partial charge in [0.15, 0.2) is 5.79 Å². The second-order valence-electron chi connectivity index (χ2n) is 6.03. The Kier molecular flexibility index (Phi) is 4.68. The topological polar surface area (TPSA) is 99.9 Å². The summed E-state index contributed by atoms with van der Waals surface area (Å²) in [7, 11) is 1.20. The van der Waals surface area contributed by atoms with Crippen LogP contribution in [0.3, 0.4) is 0 Å². The molecule has 0 unspecified atom stereocenters. The maximum absolute atomic E-state index is 11.8. The van der Waals surface area contributed by atoms with Gasteiger partial charge in [0, 0.05) is 30.6 Å². The fourth-order valence-corrected chi connectivity index (χ4v) is 3.37. The summed E-state index contributed by atoms with van der Waals surface area (Å²) in [5.74, 6) is -1.24. The number of nitrogens with one attached hydrogen (secondary N) is 1. The fourth-order valence-electron chi connectivity index (χ4n) is 3.37. The Bertz CT molecular complexity index is 641. The summed E-state index contributed by atoms with van der Waals surface area (Å²) in [4.78, 5) is 22.3. The molecule has 1 aliphatic heterocycles. The van der Waals surface area contributed by atoms with E-state index < -0.39 is 16.7 Å². The predicted molar refractivity (Wildman–Crippen MR) is 84.9 cm³/mol. The van der Waals surface area contributed by atoms with Crippen LogP contribution in [0.15, 0.2) is 18.2 Å². The summed E-state index contributed by atoms with van der Waals surface area (Å²) in [5.41, 5.74) is 0.308. The number of nitrogens with zero attached hydrogens (tertiary/aromatic N) is 1. The number of hydrogen-bond acceptors (Lipinski definition) is 7. The van der Waals surface area contributed by atoms with Crippen molar-refractivity contribution in [3.63, 3.8) is 0 Å². The fraction of sp³-hybridized carbons (Fsp3) is 0.562. The highest BCUT2D eigenvalue weighted by Crippen LogP contribution is 2.37. The Hall–Kier alpha value is -2.19. The van der Waals surface area contributed by atoms with Gasteiger partial charge in [0.1, 0.15) is 5.56 Å². The number of methoxy groups -OCH3 is 1. The zero-order chi connectivity index (χ0) is 17.2. The molecule has 1 aromatic carbocycles. The van der Waals surface area contributed by atoms with E-state index in [9.17, 15) is 14.9 Å². The molecule has 1 heterocycles. The molecule has 1 aromatic rings. The van der Waals surface area contributed by atoms with Crippen LogP contribution in [0.5, 0.6) is 0 Å². The summed E-state index contributed by atoms with van der Waals surface area (Å²) in [6.07, 6.45) is 3.49. The summed E-state index contributed by atoms with van der Waals surface area (Å²) in [6, 6.07) is 4.49. The van der Waals surface area contributed by atoms with Crippen LogP contribution >= 0.6 is 0 Å². The summed E-state index contributed by atoms with van der Waals surface area (Å²) in [5, 5.41) is 14.4. The highest BCUT2D eigenvalue weighted by molar-refractivity contribution is 5.95. The van der Waals surface area contributed by atoms with E-state index >= 15 is 0 Å². The van der Waals surface area contributed by atoms with Gasteiger partial charge in [-0.25, -0.2) is 4.79 Å². The number of anilines is 1. The van der Waals surface area contributed by atoms with Crippen molar-refractivity contribution in [1.29, 1.82) is 0 Å². The monoisotopic (exact) mass is 336 g/mol. The number of carbonyl (C=O) groups is 1. The van der Waals surface area contributed by atoms with Crippen molar-refractivity contribution in [2.24, 2.45) is 0 Å². The van der Waals surface area contributed by atoms with Crippen LogP contribution in [0.25, 0.3) is 0 Å². The van der Waals surface area contributed by atoms with Crippen LogP contribution < -0.4 is 5.32 Å². The number of nitro benzene ring substituents is 1. The Morgan fingerprint density at radius 1 is 1.42 bits per heavy atom. The molecular formula is C16H20N2O6. The van der Waals surface area contributed by atoms with Gasteiger partial charge in [-0.15, -0.1) is 0 Å². The Labute approximate surface area is 139 Å². The Morgan fingerprint density at radius 3 is 2.83 bits per heavy atom. The van der Waals surface area contributed by atoms with E-state index in [4.69, 9.17) is 9.47 Å². The maximum Gasteiger partial charge on any atom is 0.344 e. The van der Waals surface area contributed by atoms with E-state index in [1.54, 1.807) is 6.07 Å². The minimum Gasteiger partial charge on any atom is -0.465 e. The largest absolute Gasteiger partial charge is 0.465 e. The summed E-state index contributed by atoms with van der Waals surface area (Å²) in [6.45, 7) is 1.22. The molecule has 0 amide bonds. The molecule has 8 nitrogen and oxygen atoms in total. The molecule has 0 radical (unpaired) electrons. The van der Waals surface area contributed by atoms with Gasteiger partial charge in [0.05, 0.1) is 25.2 Å². The van der Waals surface area contributed by atoms with E-state index in [0.717, 1.165) is 19.3 Å². The van der Waals surface area contributed by atoms with Crippen LogP contribution in [0.2, 0.25) is 0 Å². The number of ether oxygens (including phenoxy) is 3. The second-order valence-corrected chi connectivity index (χ2v) is 6.03. The highest BCUT2D eigenvalue weighted by atomic mass is 16.7. The van der Waals surface area contributed by atoms with Gasteiger partial charge < -0.3 is 19.5 Å². The zero-order valence-corrected chi connectivity index (χ0v) is 13.4. The van der Waals surface area contributed by atoms with Crippen molar-refractivity contribution in [3.8, 4) is 0 Å². The molecule has 3 rings (SSSR count). The molecule has 1 aliphatic carbocycles. The molecule has 2 fully saturated rings. The molecular weight excluding hydrogens is 316 g/mol. The van der Waals surface area contributed by atoms with Crippen molar-refractivity contribution in [2.75, 3.05) is 25.6 Å². The lowest BCUT2D eigenvalue weighted by atomic mass is 9.89. The van der Waals surface area contributed by atoms with Crippen molar-refractivity contribution < 1.29 is 23.9 Å². The zero-order valence-electron chi connectivity index (χ0n) is 13.4. The number of nitro groups is 1. The number of rotatable bonds is 4. The van der Waals surface area contributed by atoms with Crippen molar-refractivity contribution in [1.82, 2.24) is 0 Å². The van der Waals surface area contributed by atoms with Gasteiger partial charge in [-0.2, -0.15) is 0 Å². The lowest BCUT2D eigenvalue weighted by Crippen LogP contribution is -2.41. The molecule has 0 bridgehead atoms. The highest BCUT2D eigenvalue weighted by Gasteiger charge is 2.41. The predicted octanol–water partition coefficient (Wildman–Crippen LogP) is 2.48. The van der Waals surface area contributed by atoms with Crippen molar-refractivity contribution >= 4 is 17.3 Å². The third-order valence-electron chi connectivity index (χ3n) is 4.45. The third kappa shape index (κ3) is 3.34. The smallest absolute Gasteiger partial charge is 0.344 e. The van der Waals surface area contributed by atoms with Gasteiger partial charge in [-0.3, -0.25) is 10.1 Å². The van der Waals surface area contributed by atoms with Crippen LogP contribution in [0.4, 0.5) is 11.4 Å². The van der Waals surface area contributed by atoms with E-state index in [1.807, 2.05) is 0 Å². The molecule has 2 aliphatic rings. The number of esters is 1. The lowest BCUT2D eigenvalue weighted by Gasteiger charge is -2.36. The standard InChI is InChI=1S/C16H20N2O6/c1-22-15(19)13-9-11(4-5-14(13)18(20)21)17-12-3-2-6-16(10-12)23-7-8-24-16/h4-5,9,12,17H,2-3,6-8,10H2,1H3/t12-/m0/s1. The second kappa shape index (κ2) is 6.74. The van der Waals surface area contributed by atoms with Gasteiger partial charge >= 0.3 is 5.97 Å². The number of benzene rings is 1. The molecule has 1 atom stereocenters. The molecule has 130 valence electrons. The Morgan fingerprint density at radius 2 is 2.17 bits per heavy atom. The van der Waals surface area contributed by atoms with Crippen LogP contribution in [-0.4, -0.2) is 43.0 Å². The summed E-state index contributed by atoms with van der Waals surface area (Å²) >= 11 is 0. The van der Waals surface area contributed by atoms with E-state index in [0.29, 0.717) is 25.3 Å². The van der Waals surface area contributed by atoms with E-state index in [-0.39, 0.29) is 17.3 Å². The quantitative estimate of drug-likeness (QED) is 0.512. The molecule has 0 aromatic heterocycles. The van der Waals surface area contributed by atoms with Crippen molar-refractivity contribution in [2.45, 2.75) is 37.5 Å². The van der Waals surface area contributed by atoms with Gasteiger partial charge in [-0.05, 0) is 25.0 Å². The first-order valence-electron chi connectivity index (χ1n) is 7.94. The normalized spacial score (nSPS) is 22.3. The van der Waals surface area contributed by atoms with Crippen molar-refractivity contribution in [3.05, 3.63) is 33.9 Å². The average Bonchev–Trinajstić information content (AvgIpc) is 3.01. The average molecular weight is 336 g/mol. The first-order valence-corrected chi connectivity index (χ1v) is 7.94. The molecule has 1 spiro atoms.